The maximum absolute atomic E-state index is 6.35. The van der Waals surface area contributed by atoms with Crippen molar-refractivity contribution in [2.24, 2.45) is 0 Å². The van der Waals surface area contributed by atoms with E-state index in [4.69, 9.17) is 11.6 Å². The number of thioether (sulfide) groups is 1. The lowest BCUT2D eigenvalue weighted by Gasteiger charge is -2.30. The quantitative estimate of drug-likeness (QED) is 0.798. The average molecular weight is 363 g/mol. The molecule has 2 atom stereocenters. The van der Waals surface area contributed by atoms with Crippen LogP contribution >= 0.6 is 39.3 Å². The lowest BCUT2D eigenvalue weighted by molar-refractivity contribution is 0.472. The molecule has 1 fully saturated rings. The van der Waals surface area contributed by atoms with Gasteiger partial charge in [-0.25, -0.2) is 0 Å². The van der Waals surface area contributed by atoms with Gasteiger partial charge in [0.05, 0.1) is 0 Å². The van der Waals surface area contributed by atoms with Crippen LogP contribution < -0.4 is 5.32 Å². The predicted molar refractivity (Wildman–Crippen MR) is 90.4 cm³/mol. The van der Waals surface area contributed by atoms with Gasteiger partial charge < -0.3 is 5.32 Å². The average Bonchev–Trinajstić information content (AvgIpc) is 2.42. The topological polar surface area (TPSA) is 12.0 Å². The van der Waals surface area contributed by atoms with Crippen LogP contribution in [0.1, 0.15) is 31.7 Å². The van der Waals surface area contributed by atoms with Gasteiger partial charge in [0.15, 0.2) is 0 Å². The standard InChI is InChI=1S/C15H21BrClNS/c1-2-18-14(15-5-3-4-8-19-15)9-11-6-7-12(16)10-13(11)17/h6-7,10,14-15,18H,2-5,8-9H2,1H3. The number of nitrogens with one attached hydrogen (secondary N) is 1. The summed E-state index contributed by atoms with van der Waals surface area (Å²) in [6.07, 6.45) is 5.10. The van der Waals surface area contributed by atoms with Crippen molar-refractivity contribution in [1.29, 1.82) is 0 Å². The molecule has 1 aromatic carbocycles. The Morgan fingerprint density at radius 1 is 1.47 bits per heavy atom. The normalized spacial score (nSPS) is 21.3. The van der Waals surface area contributed by atoms with E-state index in [1.54, 1.807) is 0 Å². The number of hydrogen-bond donors (Lipinski definition) is 1. The molecule has 0 aliphatic carbocycles. The highest BCUT2D eigenvalue weighted by Gasteiger charge is 2.24. The molecule has 2 unspecified atom stereocenters. The molecular weight excluding hydrogens is 342 g/mol. The summed E-state index contributed by atoms with van der Waals surface area (Å²) in [5.74, 6) is 1.31. The first-order valence-electron chi connectivity index (χ1n) is 6.99. The Morgan fingerprint density at radius 3 is 2.95 bits per heavy atom. The molecule has 19 heavy (non-hydrogen) atoms. The smallest absolute Gasteiger partial charge is 0.0449 e. The van der Waals surface area contributed by atoms with Crippen molar-refractivity contribution >= 4 is 39.3 Å². The summed E-state index contributed by atoms with van der Waals surface area (Å²) < 4.78 is 1.05. The highest BCUT2D eigenvalue weighted by atomic mass is 79.9. The largest absolute Gasteiger partial charge is 0.313 e. The molecule has 2 rings (SSSR count). The fraction of sp³-hybridized carbons (Fsp3) is 0.600. The van der Waals surface area contributed by atoms with E-state index in [0.29, 0.717) is 6.04 Å². The first kappa shape index (κ1) is 15.7. The van der Waals surface area contributed by atoms with Crippen molar-refractivity contribution in [2.75, 3.05) is 12.3 Å². The van der Waals surface area contributed by atoms with Gasteiger partial charge in [-0.2, -0.15) is 11.8 Å². The molecule has 0 saturated carbocycles. The van der Waals surface area contributed by atoms with Crippen molar-refractivity contribution in [2.45, 2.75) is 43.9 Å². The van der Waals surface area contributed by atoms with E-state index in [0.717, 1.165) is 27.7 Å². The van der Waals surface area contributed by atoms with Crippen LogP contribution in [-0.2, 0) is 6.42 Å². The molecule has 0 aromatic heterocycles. The minimum Gasteiger partial charge on any atom is -0.313 e. The van der Waals surface area contributed by atoms with Crippen LogP contribution in [0.25, 0.3) is 0 Å². The van der Waals surface area contributed by atoms with Crippen molar-refractivity contribution in [3.8, 4) is 0 Å². The van der Waals surface area contributed by atoms with Crippen LogP contribution in [-0.4, -0.2) is 23.6 Å². The van der Waals surface area contributed by atoms with Gasteiger partial charge in [0.25, 0.3) is 0 Å². The van der Waals surface area contributed by atoms with E-state index in [1.165, 1.54) is 30.6 Å². The van der Waals surface area contributed by atoms with Crippen molar-refractivity contribution in [1.82, 2.24) is 5.32 Å². The van der Waals surface area contributed by atoms with Gasteiger partial charge in [0.2, 0.25) is 0 Å². The second-order valence-corrected chi connectivity index (χ2v) is 7.68. The van der Waals surface area contributed by atoms with Gasteiger partial charge in [-0.3, -0.25) is 0 Å². The second-order valence-electron chi connectivity index (χ2n) is 5.01. The SMILES string of the molecule is CCNC(Cc1ccc(Br)cc1Cl)C1CCCCS1. The molecule has 1 N–H and O–H groups in total. The first-order valence-corrected chi connectivity index (χ1v) is 9.21. The van der Waals surface area contributed by atoms with Crippen LogP contribution in [0.4, 0.5) is 0 Å². The van der Waals surface area contributed by atoms with Gasteiger partial charge in [-0.15, -0.1) is 0 Å². The van der Waals surface area contributed by atoms with Crippen molar-refractivity contribution in [3.05, 3.63) is 33.3 Å². The summed E-state index contributed by atoms with van der Waals surface area (Å²) in [6, 6.07) is 6.75. The number of rotatable bonds is 5. The van der Waals surface area contributed by atoms with E-state index >= 15 is 0 Å². The van der Waals surface area contributed by atoms with E-state index in [1.807, 2.05) is 6.07 Å². The lowest BCUT2D eigenvalue weighted by Crippen LogP contribution is -2.41. The fourth-order valence-electron chi connectivity index (χ4n) is 2.60. The summed E-state index contributed by atoms with van der Waals surface area (Å²) in [4.78, 5) is 0. The molecule has 0 bridgehead atoms. The third-order valence-corrected chi connectivity index (χ3v) is 5.95. The van der Waals surface area contributed by atoms with Crippen LogP contribution in [0.2, 0.25) is 5.02 Å². The van der Waals surface area contributed by atoms with Crippen LogP contribution in [0.3, 0.4) is 0 Å². The second kappa shape index (κ2) is 7.92. The molecule has 1 heterocycles. The van der Waals surface area contributed by atoms with Crippen molar-refractivity contribution < 1.29 is 0 Å². The minimum atomic E-state index is 0.536. The van der Waals surface area contributed by atoms with Gasteiger partial charge in [0.1, 0.15) is 0 Å². The first-order chi connectivity index (χ1) is 9.20. The molecule has 1 aliphatic rings. The van der Waals surface area contributed by atoms with Gasteiger partial charge in [-0.05, 0) is 49.3 Å². The molecule has 1 aromatic rings. The number of likely N-dealkylation sites (N-methyl/N-ethyl adjacent to an activating group) is 1. The van der Waals surface area contributed by atoms with Crippen molar-refractivity contribution in [3.63, 3.8) is 0 Å². The Labute approximate surface area is 134 Å². The number of benzene rings is 1. The number of halogens is 2. The molecule has 1 saturated heterocycles. The van der Waals surface area contributed by atoms with E-state index in [2.05, 4.69) is 52.1 Å². The summed E-state index contributed by atoms with van der Waals surface area (Å²) in [7, 11) is 0. The maximum atomic E-state index is 6.35. The molecule has 1 aliphatic heterocycles. The maximum Gasteiger partial charge on any atom is 0.0449 e. The highest BCUT2D eigenvalue weighted by Crippen LogP contribution is 2.30. The molecule has 106 valence electrons. The van der Waals surface area contributed by atoms with Gasteiger partial charge >= 0.3 is 0 Å². The third-order valence-electron chi connectivity index (χ3n) is 3.58. The van der Waals surface area contributed by atoms with Crippen LogP contribution in [0.5, 0.6) is 0 Å². The zero-order valence-corrected chi connectivity index (χ0v) is 14.5. The zero-order valence-electron chi connectivity index (χ0n) is 11.3. The Morgan fingerprint density at radius 2 is 2.32 bits per heavy atom. The Hall–Kier alpha value is 0.300. The van der Waals surface area contributed by atoms with E-state index in [-0.39, 0.29) is 0 Å². The summed E-state index contributed by atoms with van der Waals surface area (Å²) in [5, 5.41) is 5.25. The highest BCUT2D eigenvalue weighted by molar-refractivity contribution is 9.10. The summed E-state index contributed by atoms with van der Waals surface area (Å²) in [6.45, 7) is 3.21. The minimum absolute atomic E-state index is 0.536. The third kappa shape index (κ3) is 4.66. The Kier molecular flexibility index (Phi) is 6.54. The van der Waals surface area contributed by atoms with Gasteiger partial charge in [-0.1, -0.05) is 46.9 Å². The molecule has 0 amide bonds. The molecule has 1 nitrogen and oxygen atoms in total. The summed E-state index contributed by atoms with van der Waals surface area (Å²) >= 11 is 11.9. The van der Waals surface area contributed by atoms with Gasteiger partial charge in [0, 0.05) is 20.8 Å². The van der Waals surface area contributed by atoms with E-state index < -0.39 is 0 Å². The Balaban J connectivity index is 2.06. The van der Waals surface area contributed by atoms with Crippen LogP contribution in [0, 0.1) is 0 Å². The number of hydrogen-bond acceptors (Lipinski definition) is 2. The predicted octanol–water partition coefficient (Wildman–Crippen LogP) is 4.91. The van der Waals surface area contributed by atoms with E-state index in [9.17, 15) is 0 Å². The summed E-state index contributed by atoms with van der Waals surface area (Å²) in [5.41, 5.74) is 1.25. The lowest BCUT2D eigenvalue weighted by atomic mass is 9.99. The molecular formula is C15H21BrClNS. The Bertz CT molecular complexity index is 407. The fourth-order valence-corrected chi connectivity index (χ4v) is 4.79. The van der Waals surface area contributed by atoms with Crippen LogP contribution in [0.15, 0.2) is 22.7 Å². The molecule has 0 spiro atoms. The zero-order chi connectivity index (χ0) is 13.7. The molecule has 0 radical (unpaired) electrons. The molecule has 4 heteroatoms. The monoisotopic (exact) mass is 361 g/mol.